The quantitative estimate of drug-likeness (QED) is 0.452. The van der Waals surface area contributed by atoms with Crippen molar-refractivity contribution in [1.82, 2.24) is 9.97 Å². The molecule has 0 N–H and O–H groups in total. The number of pyridine rings is 1. The van der Waals surface area contributed by atoms with Crippen molar-refractivity contribution in [2.45, 2.75) is 0 Å². The van der Waals surface area contributed by atoms with Gasteiger partial charge in [-0.2, -0.15) is 4.98 Å². The first-order chi connectivity index (χ1) is 12.1. The first kappa shape index (κ1) is 15.8. The minimum Gasteiger partial charge on any atom is -0.434 e. The number of benzene rings is 2. The number of ketones is 1. The lowest BCUT2D eigenvalue weighted by Crippen LogP contribution is -2.03. The van der Waals surface area contributed by atoms with E-state index in [0.29, 0.717) is 38.1 Å². The third-order valence-corrected chi connectivity index (χ3v) is 4.33. The summed E-state index contributed by atoms with van der Waals surface area (Å²) in [6.45, 7) is 0. The molecule has 0 fully saturated rings. The van der Waals surface area contributed by atoms with Gasteiger partial charge in [0, 0.05) is 5.56 Å². The summed E-state index contributed by atoms with van der Waals surface area (Å²) in [4.78, 5) is 21.2. The van der Waals surface area contributed by atoms with Crippen LogP contribution in [0.1, 0.15) is 16.1 Å². The van der Waals surface area contributed by atoms with Crippen molar-refractivity contribution in [3.05, 3.63) is 82.0 Å². The molecule has 0 radical (unpaired) electrons. The molecule has 0 saturated carbocycles. The van der Waals surface area contributed by atoms with Gasteiger partial charge in [0.05, 0.1) is 15.6 Å². The molecule has 2 aromatic carbocycles. The zero-order valence-corrected chi connectivity index (χ0v) is 14.3. The zero-order valence-electron chi connectivity index (χ0n) is 12.7. The van der Waals surface area contributed by atoms with Crippen LogP contribution in [0, 0.1) is 0 Å². The topological polar surface area (TPSA) is 56.0 Å². The molecule has 0 aliphatic rings. The Balaban J connectivity index is 1.79. The largest absolute Gasteiger partial charge is 0.434 e. The highest BCUT2D eigenvalue weighted by Gasteiger charge is 2.17. The third-order valence-electron chi connectivity index (χ3n) is 3.70. The molecule has 2 aromatic heterocycles. The Morgan fingerprint density at radius 1 is 0.840 bits per heavy atom. The second kappa shape index (κ2) is 6.31. The molecular weight excluding hydrogens is 359 g/mol. The van der Waals surface area contributed by atoms with Crippen LogP contribution >= 0.6 is 23.2 Å². The van der Waals surface area contributed by atoms with Gasteiger partial charge in [0.15, 0.2) is 11.2 Å². The Hall–Kier alpha value is -2.69. The Kier molecular flexibility index (Phi) is 3.99. The monoisotopic (exact) mass is 368 g/mol. The van der Waals surface area contributed by atoms with Gasteiger partial charge in [-0.15, -0.1) is 0 Å². The highest BCUT2D eigenvalue weighted by Crippen LogP contribution is 2.35. The van der Waals surface area contributed by atoms with Crippen molar-refractivity contribution < 1.29 is 9.21 Å². The van der Waals surface area contributed by atoms with Gasteiger partial charge in [-0.3, -0.25) is 4.79 Å². The maximum absolute atomic E-state index is 12.5. The minimum atomic E-state index is -0.178. The summed E-state index contributed by atoms with van der Waals surface area (Å²) in [6.07, 6.45) is 0. The van der Waals surface area contributed by atoms with Crippen LogP contribution in [0.25, 0.3) is 22.7 Å². The van der Waals surface area contributed by atoms with E-state index in [-0.39, 0.29) is 11.7 Å². The summed E-state index contributed by atoms with van der Waals surface area (Å²) < 4.78 is 5.70. The standard InChI is InChI=1S/C19H10Cl2N2O2/c20-12-7-4-8-13(21)16(12)19-23-18-15(25-19)10-9-14(22-18)17(24)11-5-2-1-3-6-11/h1-10H. The average Bonchev–Trinajstić information content (AvgIpc) is 3.04. The molecule has 6 heteroatoms. The van der Waals surface area contributed by atoms with E-state index in [9.17, 15) is 4.79 Å². The van der Waals surface area contributed by atoms with Gasteiger partial charge in [0.1, 0.15) is 5.69 Å². The summed E-state index contributed by atoms with van der Waals surface area (Å²) >= 11 is 12.4. The van der Waals surface area contributed by atoms with E-state index in [1.54, 1.807) is 54.6 Å². The van der Waals surface area contributed by atoms with Crippen molar-refractivity contribution in [2.24, 2.45) is 0 Å². The number of fused-ring (bicyclic) bond motifs is 1. The molecule has 0 spiro atoms. The number of hydrogen-bond acceptors (Lipinski definition) is 4. The van der Waals surface area contributed by atoms with Crippen LogP contribution in [0.3, 0.4) is 0 Å². The predicted molar refractivity (Wildman–Crippen MR) is 97.1 cm³/mol. The number of oxazole rings is 1. The van der Waals surface area contributed by atoms with E-state index >= 15 is 0 Å². The van der Waals surface area contributed by atoms with E-state index in [2.05, 4.69) is 9.97 Å². The van der Waals surface area contributed by atoms with Crippen LogP contribution in [0.15, 0.2) is 65.1 Å². The fourth-order valence-corrected chi connectivity index (χ4v) is 3.05. The van der Waals surface area contributed by atoms with Gasteiger partial charge in [0.2, 0.25) is 11.7 Å². The molecule has 4 nitrogen and oxygen atoms in total. The molecule has 0 amide bonds. The number of hydrogen-bond donors (Lipinski definition) is 0. The van der Waals surface area contributed by atoms with E-state index in [4.69, 9.17) is 27.6 Å². The smallest absolute Gasteiger partial charge is 0.231 e. The normalized spacial score (nSPS) is 11.0. The van der Waals surface area contributed by atoms with Crippen LogP contribution in [0.4, 0.5) is 0 Å². The van der Waals surface area contributed by atoms with E-state index in [1.807, 2.05) is 6.07 Å². The van der Waals surface area contributed by atoms with Crippen molar-refractivity contribution in [1.29, 1.82) is 0 Å². The first-order valence-corrected chi connectivity index (χ1v) is 8.21. The second-order valence-electron chi connectivity index (χ2n) is 5.33. The number of aromatic nitrogens is 2. The van der Waals surface area contributed by atoms with E-state index in [1.165, 1.54) is 0 Å². The molecule has 0 saturated heterocycles. The van der Waals surface area contributed by atoms with Gasteiger partial charge in [0.25, 0.3) is 0 Å². The molecule has 0 aliphatic carbocycles. The summed E-state index contributed by atoms with van der Waals surface area (Å²) in [7, 11) is 0. The fraction of sp³-hybridized carbons (Fsp3) is 0. The maximum atomic E-state index is 12.5. The van der Waals surface area contributed by atoms with Crippen molar-refractivity contribution >= 4 is 40.2 Å². The van der Waals surface area contributed by atoms with Gasteiger partial charge in [-0.05, 0) is 24.3 Å². The Bertz CT molecular complexity index is 1070. The SMILES string of the molecule is O=C(c1ccccc1)c1ccc2oc(-c3c(Cl)cccc3Cl)nc2n1. The number of nitrogens with zero attached hydrogens (tertiary/aromatic N) is 2. The van der Waals surface area contributed by atoms with Gasteiger partial charge >= 0.3 is 0 Å². The maximum Gasteiger partial charge on any atom is 0.231 e. The lowest BCUT2D eigenvalue weighted by atomic mass is 10.1. The third kappa shape index (κ3) is 2.90. The van der Waals surface area contributed by atoms with Gasteiger partial charge in [-0.25, -0.2) is 4.98 Å². The van der Waals surface area contributed by atoms with Crippen LogP contribution in [-0.4, -0.2) is 15.8 Å². The van der Waals surface area contributed by atoms with Gasteiger partial charge < -0.3 is 4.42 Å². The van der Waals surface area contributed by atoms with Crippen LogP contribution in [-0.2, 0) is 0 Å². The lowest BCUT2D eigenvalue weighted by molar-refractivity contribution is 0.103. The van der Waals surface area contributed by atoms with Gasteiger partial charge in [-0.1, -0.05) is 59.6 Å². The van der Waals surface area contributed by atoms with E-state index < -0.39 is 0 Å². The molecule has 25 heavy (non-hydrogen) atoms. The molecule has 0 atom stereocenters. The fourth-order valence-electron chi connectivity index (χ4n) is 2.49. The van der Waals surface area contributed by atoms with Crippen molar-refractivity contribution in [2.75, 3.05) is 0 Å². The zero-order chi connectivity index (χ0) is 17.4. The highest BCUT2D eigenvalue weighted by molar-refractivity contribution is 6.38. The number of rotatable bonds is 3. The average molecular weight is 369 g/mol. The Morgan fingerprint density at radius 2 is 1.56 bits per heavy atom. The first-order valence-electron chi connectivity index (χ1n) is 7.45. The molecular formula is C19H10Cl2N2O2. The number of carbonyl (C=O) groups excluding carboxylic acids is 1. The number of carbonyl (C=O) groups is 1. The van der Waals surface area contributed by atoms with Crippen molar-refractivity contribution in [3.63, 3.8) is 0 Å². The highest BCUT2D eigenvalue weighted by atomic mass is 35.5. The van der Waals surface area contributed by atoms with Crippen LogP contribution in [0.5, 0.6) is 0 Å². The minimum absolute atomic E-state index is 0.178. The summed E-state index contributed by atoms with van der Waals surface area (Å²) in [6, 6.07) is 17.4. The van der Waals surface area contributed by atoms with Crippen LogP contribution in [0.2, 0.25) is 10.0 Å². The molecule has 122 valence electrons. The Labute approximate surface area is 153 Å². The number of halogens is 2. The van der Waals surface area contributed by atoms with Crippen molar-refractivity contribution in [3.8, 4) is 11.5 Å². The van der Waals surface area contributed by atoms with E-state index in [0.717, 1.165) is 0 Å². The Morgan fingerprint density at radius 3 is 2.28 bits per heavy atom. The van der Waals surface area contributed by atoms with Crippen LogP contribution < -0.4 is 0 Å². The molecule has 4 aromatic rings. The predicted octanol–water partition coefficient (Wildman–Crippen LogP) is 5.43. The molecule has 0 aliphatic heterocycles. The second-order valence-corrected chi connectivity index (χ2v) is 6.14. The summed E-state index contributed by atoms with van der Waals surface area (Å²) in [5, 5.41) is 0.860. The lowest BCUT2D eigenvalue weighted by Gasteiger charge is -2.00. The molecule has 0 unspecified atom stereocenters. The molecule has 4 rings (SSSR count). The molecule has 0 bridgehead atoms. The summed E-state index contributed by atoms with van der Waals surface area (Å²) in [5.41, 5.74) is 2.14. The summed E-state index contributed by atoms with van der Waals surface area (Å²) in [5.74, 6) is 0.0882. The molecule has 2 heterocycles.